The Morgan fingerprint density at radius 3 is 2.64 bits per heavy atom. The zero-order valence-corrected chi connectivity index (χ0v) is 17.9. The number of alkyl halides is 3. The van der Waals surface area contributed by atoms with Crippen LogP contribution in [0.15, 0.2) is 29.1 Å². The lowest BCUT2D eigenvalue weighted by molar-refractivity contribution is -0.140. The molecule has 1 atom stereocenters. The fraction of sp³-hybridized carbons (Fsp3) is 0.318. The van der Waals surface area contributed by atoms with Crippen LogP contribution >= 0.6 is 0 Å². The van der Waals surface area contributed by atoms with E-state index in [0.717, 1.165) is 18.2 Å². The number of aryl methyl sites for hydroxylation is 1. The van der Waals surface area contributed by atoms with Crippen LogP contribution in [0.4, 0.5) is 29.1 Å². The highest BCUT2D eigenvalue weighted by Gasteiger charge is 2.36. The smallest absolute Gasteiger partial charge is 0.399 e. The first kappa shape index (κ1) is 22.7. The highest BCUT2D eigenvalue weighted by Crippen LogP contribution is 2.36. The lowest BCUT2D eigenvalue weighted by atomic mass is 10.0. The molecule has 7 nitrogen and oxygen atoms in total. The largest absolute Gasteiger partial charge is 0.419 e. The third-order valence-corrected chi connectivity index (χ3v) is 5.48. The first-order valence-electron chi connectivity index (χ1n) is 10.3. The Hall–Kier alpha value is -3.47. The van der Waals surface area contributed by atoms with Gasteiger partial charge < -0.3 is 21.4 Å². The molecule has 11 heteroatoms. The van der Waals surface area contributed by atoms with Gasteiger partial charge in [-0.05, 0) is 50.6 Å². The fourth-order valence-electron chi connectivity index (χ4n) is 3.89. The average molecular weight is 462 g/mol. The Balaban J connectivity index is 1.80. The quantitative estimate of drug-likeness (QED) is 0.346. The summed E-state index contributed by atoms with van der Waals surface area (Å²) in [5.41, 5.74) is 5.02. The van der Waals surface area contributed by atoms with Crippen LogP contribution in [0, 0.1) is 12.7 Å². The molecular formula is C22H22F4N6O. The lowest BCUT2D eigenvalue weighted by Gasteiger charge is -2.20. The Morgan fingerprint density at radius 1 is 1.21 bits per heavy atom. The predicted molar refractivity (Wildman–Crippen MR) is 118 cm³/mol. The minimum Gasteiger partial charge on any atom is -0.399 e. The maximum Gasteiger partial charge on any atom is 0.419 e. The molecule has 3 heterocycles. The molecule has 0 aliphatic carbocycles. The fourth-order valence-corrected chi connectivity index (χ4v) is 3.89. The molecule has 0 amide bonds. The molecule has 4 rings (SSSR count). The first-order chi connectivity index (χ1) is 15.5. The standard InChI is InChI=1S/C22H22F4N6O/c1-10(14-7-13(27)8-17(18(14)23)22(24,25)26)29-19-16-9-15(12-3-5-28-6-4-12)21(33)32-20(16)31-11(2)30-19/h3,7-10,28H,4-6,27H2,1-2H3,(H2,29,30,31,32,33)/t10-/m1/s1. The number of nitrogens with zero attached hydrogens (tertiary/aromatic N) is 2. The van der Waals surface area contributed by atoms with Crippen LogP contribution in [-0.2, 0) is 6.18 Å². The van der Waals surface area contributed by atoms with E-state index in [1.807, 2.05) is 6.08 Å². The van der Waals surface area contributed by atoms with E-state index in [1.165, 1.54) is 6.92 Å². The minimum atomic E-state index is -4.89. The normalized spacial score (nSPS) is 15.4. The number of hydrogen-bond acceptors (Lipinski definition) is 6. The number of nitrogen functional groups attached to an aromatic ring is 1. The number of halogens is 4. The van der Waals surface area contributed by atoms with E-state index in [-0.39, 0.29) is 28.3 Å². The predicted octanol–water partition coefficient (Wildman–Crippen LogP) is 3.92. The van der Waals surface area contributed by atoms with Gasteiger partial charge in [0.2, 0.25) is 0 Å². The molecule has 0 saturated heterocycles. The highest BCUT2D eigenvalue weighted by molar-refractivity contribution is 5.89. The zero-order chi connectivity index (χ0) is 23.9. The number of benzene rings is 1. The Kier molecular flexibility index (Phi) is 5.83. The van der Waals surface area contributed by atoms with Gasteiger partial charge in [-0.25, -0.2) is 14.4 Å². The van der Waals surface area contributed by atoms with Crippen LogP contribution in [0.5, 0.6) is 0 Å². The van der Waals surface area contributed by atoms with Crippen LogP contribution in [-0.4, -0.2) is 28.0 Å². The van der Waals surface area contributed by atoms with Crippen molar-refractivity contribution in [3.63, 3.8) is 0 Å². The molecule has 1 aromatic carbocycles. The van der Waals surface area contributed by atoms with Gasteiger partial charge in [0, 0.05) is 23.4 Å². The second kappa shape index (κ2) is 8.47. The van der Waals surface area contributed by atoms with Crippen molar-refractivity contribution in [2.75, 3.05) is 24.1 Å². The number of nitrogens with two attached hydrogens (primary N) is 1. The molecule has 0 spiro atoms. The topological polar surface area (TPSA) is 109 Å². The van der Waals surface area contributed by atoms with Crippen molar-refractivity contribution in [2.24, 2.45) is 0 Å². The van der Waals surface area contributed by atoms with Gasteiger partial charge in [-0.1, -0.05) is 6.08 Å². The van der Waals surface area contributed by atoms with Crippen molar-refractivity contribution < 1.29 is 17.6 Å². The van der Waals surface area contributed by atoms with E-state index in [0.29, 0.717) is 35.8 Å². The zero-order valence-electron chi connectivity index (χ0n) is 17.9. The third kappa shape index (κ3) is 4.54. The van der Waals surface area contributed by atoms with Crippen molar-refractivity contribution in [1.29, 1.82) is 0 Å². The number of pyridine rings is 1. The molecule has 0 unspecified atom stereocenters. The summed E-state index contributed by atoms with van der Waals surface area (Å²) >= 11 is 0. The highest BCUT2D eigenvalue weighted by atomic mass is 19.4. The second-order valence-electron chi connectivity index (χ2n) is 7.91. The van der Waals surface area contributed by atoms with Gasteiger partial charge in [-0.2, -0.15) is 13.2 Å². The molecule has 1 aliphatic heterocycles. The first-order valence-corrected chi connectivity index (χ1v) is 10.3. The Bertz CT molecular complexity index is 1310. The summed E-state index contributed by atoms with van der Waals surface area (Å²) in [7, 11) is 0. The number of aromatic amines is 1. The summed E-state index contributed by atoms with van der Waals surface area (Å²) in [6, 6.07) is 2.46. The number of nitrogens with one attached hydrogen (secondary N) is 3. The third-order valence-electron chi connectivity index (χ3n) is 5.48. The van der Waals surface area contributed by atoms with E-state index in [9.17, 15) is 22.4 Å². The number of H-pyrrole nitrogens is 1. The monoisotopic (exact) mass is 462 g/mol. The number of aromatic nitrogens is 3. The summed E-state index contributed by atoms with van der Waals surface area (Å²) in [4.78, 5) is 24.0. The number of anilines is 2. The van der Waals surface area contributed by atoms with Gasteiger partial charge in [0.05, 0.1) is 17.0 Å². The van der Waals surface area contributed by atoms with Crippen molar-refractivity contribution in [2.45, 2.75) is 32.5 Å². The van der Waals surface area contributed by atoms with Crippen LogP contribution in [0.2, 0.25) is 0 Å². The summed E-state index contributed by atoms with van der Waals surface area (Å²) < 4.78 is 54.5. The van der Waals surface area contributed by atoms with E-state index < -0.39 is 23.6 Å². The Labute approximate surface area is 186 Å². The molecule has 33 heavy (non-hydrogen) atoms. The summed E-state index contributed by atoms with van der Waals surface area (Å²) in [5, 5.41) is 6.61. The summed E-state index contributed by atoms with van der Waals surface area (Å²) in [6.07, 6.45) is -2.30. The van der Waals surface area contributed by atoms with Gasteiger partial charge >= 0.3 is 6.18 Å². The van der Waals surface area contributed by atoms with Gasteiger partial charge in [0.25, 0.3) is 5.56 Å². The van der Waals surface area contributed by atoms with Gasteiger partial charge in [0.1, 0.15) is 23.1 Å². The maximum atomic E-state index is 14.7. The number of rotatable bonds is 4. The summed E-state index contributed by atoms with van der Waals surface area (Å²) in [6.45, 7) is 4.48. The number of hydrogen-bond donors (Lipinski definition) is 4. The van der Waals surface area contributed by atoms with Crippen molar-refractivity contribution >= 4 is 28.1 Å². The van der Waals surface area contributed by atoms with Gasteiger partial charge in [0.15, 0.2) is 0 Å². The van der Waals surface area contributed by atoms with Crippen molar-refractivity contribution in [3.05, 3.63) is 63.0 Å². The molecule has 1 aliphatic rings. The van der Waals surface area contributed by atoms with Gasteiger partial charge in [-0.15, -0.1) is 0 Å². The average Bonchev–Trinajstić information content (AvgIpc) is 2.74. The molecule has 174 valence electrons. The SMILES string of the molecule is Cc1nc(N[C@H](C)c2cc(N)cc(C(F)(F)F)c2F)c2cc(C3=CCNCC3)c(=O)[nH]c2n1. The molecule has 0 fully saturated rings. The van der Waals surface area contributed by atoms with Crippen molar-refractivity contribution in [1.82, 2.24) is 20.3 Å². The van der Waals surface area contributed by atoms with Crippen LogP contribution < -0.4 is 21.9 Å². The summed E-state index contributed by atoms with van der Waals surface area (Å²) in [5.74, 6) is -0.820. The van der Waals surface area contributed by atoms with E-state index in [4.69, 9.17) is 5.73 Å². The molecule has 5 N–H and O–H groups in total. The Morgan fingerprint density at radius 2 is 1.97 bits per heavy atom. The van der Waals surface area contributed by atoms with Crippen LogP contribution in [0.3, 0.4) is 0 Å². The molecule has 0 radical (unpaired) electrons. The minimum absolute atomic E-state index is 0.208. The van der Waals surface area contributed by atoms with E-state index in [1.54, 1.807) is 13.0 Å². The molecular weight excluding hydrogens is 440 g/mol. The van der Waals surface area contributed by atoms with Crippen molar-refractivity contribution in [3.8, 4) is 0 Å². The van der Waals surface area contributed by atoms with E-state index in [2.05, 4.69) is 25.6 Å². The molecule has 0 bridgehead atoms. The van der Waals surface area contributed by atoms with Gasteiger partial charge in [-0.3, -0.25) is 4.79 Å². The van der Waals surface area contributed by atoms with E-state index >= 15 is 0 Å². The number of fused-ring (bicyclic) bond motifs is 1. The maximum absolute atomic E-state index is 14.7. The van der Waals surface area contributed by atoms with Crippen LogP contribution in [0.25, 0.3) is 16.6 Å². The lowest BCUT2D eigenvalue weighted by Crippen LogP contribution is -2.23. The molecule has 0 saturated carbocycles. The molecule has 3 aromatic rings. The molecule has 2 aromatic heterocycles. The second-order valence-corrected chi connectivity index (χ2v) is 7.91. The van der Waals surface area contributed by atoms with Crippen LogP contribution in [0.1, 0.15) is 41.9 Å².